The van der Waals surface area contributed by atoms with Crippen molar-refractivity contribution in [2.24, 2.45) is 0 Å². The van der Waals surface area contributed by atoms with Crippen molar-refractivity contribution in [3.8, 4) is 23.0 Å². The van der Waals surface area contributed by atoms with Crippen molar-refractivity contribution < 1.29 is 95.1 Å². The van der Waals surface area contributed by atoms with Gasteiger partial charge in [-0.05, 0) is 92.6 Å². The molecule has 346 valence electrons. The molecule has 0 aliphatic rings. The van der Waals surface area contributed by atoms with Crippen LogP contribution in [0.15, 0.2) is 66.7 Å². The van der Waals surface area contributed by atoms with E-state index in [9.17, 15) is 66.7 Å². The van der Waals surface area contributed by atoms with Crippen LogP contribution in [0.1, 0.15) is 78.1 Å². The quantitative estimate of drug-likeness (QED) is 0.0341. The first kappa shape index (κ1) is 51.6. The Labute approximate surface area is 347 Å². The first-order chi connectivity index (χ1) is 28.6. The molecule has 0 aromatic heterocycles. The monoisotopic (exact) mass is 910 g/mol. The summed E-state index contributed by atoms with van der Waals surface area (Å²) in [5.41, 5.74) is 0.691. The third-order valence-electron chi connectivity index (χ3n) is 8.24. The number of benzene rings is 3. The zero-order chi connectivity index (χ0) is 46.4. The van der Waals surface area contributed by atoms with Gasteiger partial charge in [-0.15, -0.1) is 0 Å². The number of aryl methyl sites for hydroxylation is 1. The van der Waals surface area contributed by atoms with Crippen molar-refractivity contribution in [3.05, 3.63) is 83.4 Å². The van der Waals surface area contributed by atoms with E-state index >= 15 is 0 Å². The van der Waals surface area contributed by atoms with E-state index in [1.165, 1.54) is 66.7 Å². The summed E-state index contributed by atoms with van der Waals surface area (Å²) in [5.74, 6) is -21.2. The van der Waals surface area contributed by atoms with Gasteiger partial charge in [0.15, 0.2) is 0 Å². The lowest BCUT2D eigenvalue weighted by Gasteiger charge is -2.25. The zero-order valence-electron chi connectivity index (χ0n) is 33.2. The predicted molar refractivity (Wildman–Crippen MR) is 195 cm³/mol. The summed E-state index contributed by atoms with van der Waals surface area (Å²) in [6.07, 6.45) is -16.8. The van der Waals surface area contributed by atoms with E-state index in [0.29, 0.717) is 11.3 Å². The van der Waals surface area contributed by atoms with Gasteiger partial charge in [-0.25, -0.2) is 53.5 Å². The smallest absolute Gasteiger partial charge is 0.394 e. The van der Waals surface area contributed by atoms with Gasteiger partial charge in [-0.2, -0.15) is 13.2 Å². The van der Waals surface area contributed by atoms with Gasteiger partial charge in [0, 0.05) is 19.4 Å². The molecule has 0 saturated heterocycles. The molecule has 0 unspecified atom stereocenters. The van der Waals surface area contributed by atoms with Crippen molar-refractivity contribution in [1.29, 1.82) is 0 Å². The minimum absolute atomic E-state index is 0.0542. The molecule has 62 heavy (non-hydrogen) atoms. The Hall–Kier alpha value is -4.79. The molecule has 0 spiro atoms. The minimum atomic E-state index is -5.28. The second kappa shape index (κ2) is 22.0. The van der Waals surface area contributed by atoms with Crippen LogP contribution in [0.25, 0.3) is 0 Å². The van der Waals surface area contributed by atoms with Crippen molar-refractivity contribution in [3.63, 3.8) is 0 Å². The van der Waals surface area contributed by atoms with Gasteiger partial charge < -0.3 is 28.4 Å². The second-order valence-electron chi connectivity index (χ2n) is 14.3. The molecule has 3 aromatic carbocycles. The number of alkyl halides is 13. The Morgan fingerprint density at radius 1 is 0.484 bits per heavy atom. The van der Waals surface area contributed by atoms with Crippen LogP contribution < -0.4 is 18.9 Å². The van der Waals surface area contributed by atoms with E-state index in [0.717, 1.165) is 0 Å². The molecular weight excluding hydrogens is 867 g/mol. The molecule has 3 rings (SSSR count). The highest BCUT2D eigenvalue weighted by Crippen LogP contribution is 2.41. The standard InChI is InChI=1S/C41H43F13O8/c1-27-22-32(61-34(55)28-4-8-30(9-5-28)60-21-19-58-17-15-38(46,47)25-39(48,49)23-36(2,42)43)12-13-33(27)62-35(56)29-6-10-31(11-7-29)59-20-18-57-16-3-14-37(44,45)24-40(50,51)26-41(52,53)54/h4-13,22H,3,14-21,23-26H2,1-2H3. The van der Waals surface area contributed by atoms with Gasteiger partial charge in [-0.3, -0.25) is 0 Å². The summed E-state index contributed by atoms with van der Waals surface area (Å²) >= 11 is 0. The molecule has 3 aromatic rings. The Morgan fingerprint density at radius 2 is 0.935 bits per heavy atom. The van der Waals surface area contributed by atoms with Crippen LogP contribution in [0.4, 0.5) is 57.1 Å². The Balaban J connectivity index is 1.34. The summed E-state index contributed by atoms with van der Waals surface area (Å²) in [6.45, 7) is 0.456. The van der Waals surface area contributed by atoms with Crippen LogP contribution in [0.2, 0.25) is 0 Å². The summed E-state index contributed by atoms with van der Waals surface area (Å²) in [5, 5.41) is 0. The summed E-state index contributed by atoms with van der Waals surface area (Å²) in [6, 6.07) is 15.5. The number of esters is 2. The van der Waals surface area contributed by atoms with E-state index in [-0.39, 0.29) is 74.8 Å². The Bertz CT molecular complexity index is 1860. The molecule has 0 bridgehead atoms. The van der Waals surface area contributed by atoms with E-state index in [4.69, 9.17) is 28.4 Å². The maximum atomic E-state index is 13.8. The number of hydrogen-bond acceptors (Lipinski definition) is 8. The highest BCUT2D eigenvalue weighted by atomic mass is 19.4. The van der Waals surface area contributed by atoms with Crippen LogP contribution >= 0.6 is 0 Å². The molecule has 0 aliphatic carbocycles. The highest BCUT2D eigenvalue weighted by Gasteiger charge is 2.50. The van der Waals surface area contributed by atoms with Gasteiger partial charge in [0.05, 0.1) is 50.2 Å². The first-order valence-electron chi connectivity index (χ1n) is 18.7. The van der Waals surface area contributed by atoms with Gasteiger partial charge in [0.1, 0.15) is 42.6 Å². The van der Waals surface area contributed by atoms with E-state index in [2.05, 4.69) is 0 Å². The van der Waals surface area contributed by atoms with Crippen molar-refractivity contribution in [2.75, 3.05) is 39.6 Å². The third kappa shape index (κ3) is 20.4. The fraction of sp³-hybridized carbons (Fsp3) is 0.512. The van der Waals surface area contributed by atoms with E-state index in [1.54, 1.807) is 6.92 Å². The van der Waals surface area contributed by atoms with Crippen molar-refractivity contribution in [2.45, 2.75) is 94.6 Å². The predicted octanol–water partition coefficient (Wildman–Crippen LogP) is 11.7. The van der Waals surface area contributed by atoms with Crippen LogP contribution in [0, 0.1) is 6.92 Å². The molecule has 0 radical (unpaired) electrons. The number of hydrogen-bond donors (Lipinski definition) is 0. The molecule has 0 atom stereocenters. The lowest BCUT2D eigenvalue weighted by molar-refractivity contribution is -0.206. The molecule has 21 heteroatoms. The summed E-state index contributed by atoms with van der Waals surface area (Å²) in [4.78, 5) is 25.5. The summed E-state index contributed by atoms with van der Waals surface area (Å²) < 4.78 is 203. The summed E-state index contributed by atoms with van der Waals surface area (Å²) in [7, 11) is 0. The lowest BCUT2D eigenvalue weighted by Crippen LogP contribution is -2.34. The largest absolute Gasteiger partial charge is 0.491 e. The number of halogens is 13. The molecule has 0 saturated carbocycles. The average Bonchev–Trinajstić information content (AvgIpc) is 3.11. The fourth-order valence-electron chi connectivity index (χ4n) is 5.60. The van der Waals surface area contributed by atoms with Crippen LogP contribution in [0.3, 0.4) is 0 Å². The highest BCUT2D eigenvalue weighted by molar-refractivity contribution is 5.92. The Morgan fingerprint density at radius 3 is 1.42 bits per heavy atom. The average molecular weight is 911 g/mol. The SMILES string of the molecule is Cc1cc(OC(=O)c2ccc(OCCOCCC(F)(F)CC(F)(F)CC(C)(F)F)cc2)ccc1OC(=O)c1ccc(OCCOCCCC(F)(F)CC(F)(F)CC(F)(F)F)cc1. The van der Waals surface area contributed by atoms with Gasteiger partial charge in [0.25, 0.3) is 29.6 Å². The normalized spacial score (nSPS) is 12.9. The fourth-order valence-corrected chi connectivity index (χ4v) is 5.60. The maximum absolute atomic E-state index is 13.8. The molecular formula is C41H43F13O8. The van der Waals surface area contributed by atoms with Crippen LogP contribution in [-0.2, 0) is 9.47 Å². The number of carbonyl (C=O) groups is 2. The third-order valence-corrected chi connectivity index (χ3v) is 8.24. The lowest BCUT2D eigenvalue weighted by atomic mass is 10.0. The molecule has 0 N–H and O–H groups in total. The number of rotatable bonds is 26. The number of ether oxygens (including phenoxy) is 6. The molecule has 0 amide bonds. The first-order valence-corrected chi connectivity index (χ1v) is 18.7. The van der Waals surface area contributed by atoms with Crippen molar-refractivity contribution in [1.82, 2.24) is 0 Å². The van der Waals surface area contributed by atoms with E-state index in [1.807, 2.05) is 0 Å². The van der Waals surface area contributed by atoms with Crippen LogP contribution in [-0.4, -0.2) is 87.4 Å². The molecule has 0 heterocycles. The second-order valence-corrected chi connectivity index (χ2v) is 14.3. The van der Waals surface area contributed by atoms with Gasteiger partial charge >= 0.3 is 18.1 Å². The minimum Gasteiger partial charge on any atom is -0.491 e. The van der Waals surface area contributed by atoms with E-state index < -0.39 is 92.9 Å². The maximum Gasteiger partial charge on any atom is 0.394 e. The topological polar surface area (TPSA) is 89.5 Å². The van der Waals surface area contributed by atoms with Gasteiger partial charge in [-0.1, -0.05) is 0 Å². The van der Waals surface area contributed by atoms with Crippen LogP contribution in [0.5, 0.6) is 23.0 Å². The zero-order valence-corrected chi connectivity index (χ0v) is 33.2. The number of carbonyl (C=O) groups excluding carboxylic acids is 2. The molecule has 0 fully saturated rings. The van der Waals surface area contributed by atoms with Crippen molar-refractivity contribution >= 4 is 11.9 Å². The Kier molecular flexibility index (Phi) is 18.3. The molecule has 8 nitrogen and oxygen atoms in total. The van der Waals surface area contributed by atoms with Gasteiger partial charge in [0.2, 0.25) is 0 Å². The molecule has 0 aliphatic heterocycles.